The summed E-state index contributed by atoms with van der Waals surface area (Å²) in [6, 6.07) is 10.3. The number of anilines is 1. The van der Waals surface area contributed by atoms with Crippen LogP contribution >= 0.6 is 23.1 Å². The Morgan fingerprint density at radius 2 is 2.12 bits per heavy atom. The lowest BCUT2D eigenvalue weighted by atomic mass is 10.2. The lowest BCUT2D eigenvalue weighted by Gasteiger charge is -2.12. The molecule has 130 valence electrons. The van der Waals surface area contributed by atoms with Gasteiger partial charge in [0, 0.05) is 43.3 Å². The van der Waals surface area contributed by atoms with E-state index in [-0.39, 0.29) is 5.91 Å². The maximum atomic E-state index is 12.4. The van der Waals surface area contributed by atoms with E-state index in [1.165, 1.54) is 16.9 Å². The summed E-state index contributed by atoms with van der Waals surface area (Å²) >= 11 is 3.20. The molecule has 1 aromatic heterocycles. The zero-order chi connectivity index (χ0) is 17.5. The molecule has 0 atom stereocenters. The summed E-state index contributed by atoms with van der Waals surface area (Å²) in [7, 11) is 1.76. The molecule has 2 aromatic rings. The van der Waals surface area contributed by atoms with Gasteiger partial charge in [-0.25, -0.2) is 0 Å². The number of carbonyl (C=O) groups excluding carboxylic acids is 1. The van der Waals surface area contributed by atoms with E-state index in [1.54, 1.807) is 23.7 Å². The molecule has 7 heteroatoms. The van der Waals surface area contributed by atoms with Crippen molar-refractivity contribution in [3.05, 3.63) is 47.0 Å². The molecule has 0 unspecified atom stereocenters. The number of thioether (sulfide) groups is 1. The Hall–Kier alpha value is -1.99. The number of benzene rings is 1. The molecule has 1 aromatic carbocycles. The van der Waals surface area contributed by atoms with E-state index in [9.17, 15) is 4.79 Å². The van der Waals surface area contributed by atoms with Gasteiger partial charge in [-0.15, -0.1) is 10.2 Å². The summed E-state index contributed by atoms with van der Waals surface area (Å²) in [6.45, 7) is 0.828. The van der Waals surface area contributed by atoms with Crippen LogP contribution in [0.25, 0.3) is 5.57 Å². The quantitative estimate of drug-likeness (QED) is 0.696. The number of nitrogens with zero attached hydrogens (tertiary/aromatic N) is 4. The van der Waals surface area contributed by atoms with Crippen molar-refractivity contribution in [2.75, 3.05) is 24.2 Å². The smallest absolute Gasteiger partial charge is 0.229 e. The summed E-state index contributed by atoms with van der Waals surface area (Å²) in [5.41, 5.74) is 2.28. The Labute approximate surface area is 155 Å². The molecular formula is C18H20N4OS2. The zero-order valence-electron chi connectivity index (χ0n) is 14.1. The van der Waals surface area contributed by atoms with Crippen molar-refractivity contribution in [3.8, 4) is 0 Å². The third kappa shape index (κ3) is 4.99. The van der Waals surface area contributed by atoms with E-state index in [4.69, 9.17) is 0 Å². The van der Waals surface area contributed by atoms with E-state index >= 15 is 0 Å². The number of hydrogen-bond donors (Lipinski definition) is 0. The van der Waals surface area contributed by atoms with E-state index < -0.39 is 0 Å². The number of aromatic nitrogens is 2. The Morgan fingerprint density at radius 1 is 1.28 bits per heavy atom. The molecule has 0 radical (unpaired) electrons. The molecule has 0 saturated heterocycles. The van der Waals surface area contributed by atoms with Crippen molar-refractivity contribution >= 4 is 45.9 Å². The minimum absolute atomic E-state index is 0.0644. The summed E-state index contributed by atoms with van der Waals surface area (Å²) in [6.07, 6.45) is 5.36. The van der Waals surface area contributed by atoms with Crippen LogP contribution in [-0.2, 0) is 10.5 Å². The van der Waals surface area contributed by atoms with Gasteiger partial charge in [-0.05, 0) is 12.0 Å². The van der Waals surface area contributed by atoms with Crippen molar-refractivity contribution < 1.29 is 4.79 Å². The normalized spacial score (nSPS) is 13.6. The zero-order valence-corrected chi connectivity index (χ0v) is 15.7. The van der Waals surface area contributed by atoms with Crippen LogP contribution in [0.3, 0.4) is 0 Å². The van der Waals surface area contributed by atoms with Gasteiger partial charge in [0.1, 0.15) is 0 Å². The van der Waals surface area contributed by atoms with Gasteiger partial charge >= 0.3 is 0 Å². The Kier molecular flexibility index (Phi) is 6.36. The fourth-order valence-corrected chi connectivity index (χ4v) is 4.04. The predicted octanol–water partition coefficient (Wildman–Crippen LogP) is 3.68. The molecule has 0 bridgehead atoms. The number of carbonyl (C=O) groups is 1. The first-order valence-electron chi connectivity index (χ1n) is 8.16. The highest BCUT2D eigenvalue weighted by Crippen LogP contribution is 2.26. The SMILES string of the molecule is CN(C(=O)CCSCc1ccccc1)c1nnc(C2=CCCN=C2)s1. The largest absolute Gasteiger partial charge is 0.292 e. The van der Waals surface area contributed by atoms with Crippen LogP contribution in [0.15, 0.2) is 41.4 Å². The molecule has 25 heavy (non-hydrogen) atoms. The maximum Gasteiger partial charge on any atom is 0.229 e. The van der Waals surface area contributed by atoms with Crippen molar-refractivity contribution in [1.82, 2.24) is 10.2 Å². The second kappa shape index (κ2) is 8.92. The fraction of sp³-hybridized carbons (Fsp3) is 0.333. The number of aliphatic imine (C=N–C) groups is 1. The molecule has 3 rings (SSSR count). The fourth-order valence-electron chi connectivity index (χ4n) is 2.32. The van der Waals surface area contributed by atoms with Gasteiger partial charge in [0.15, 0.2) is 5.01 Å². The van der Waals surface area contributed by atoms with Gasteiger partial charge in [0.25, 0.3) is 0 Å². The first-order valence-corrected chi connectivity index (χ1v) is 10.1. The van der Waals surface area contributed by atoms with Gasteiger partial charge < -0.3 is 0 Å². The van der Waals surface area contributed by atoms with Gasteiger partial charge in [0.2, 0.25) is 11.0 Å². The monoisotopic (exact) mass is 372 g/mol. The van der Waals surface area contributed by atoms with Gasteiger partial charge in [0.05, 0.1) is 0 Å². The Balaban J connectivity index is 1.48. The third-order valence-corrected chi connectivity index (χ3v) is 5.83. The maximum absolute atomic E-state index is 12.4. The van der Waals surface area contributed by atoms with Crippen LogP contribution in [0.2, 0.25) is 0 Å². The van der Waals surface area contributed by atoms with Crippen LogP contribution < -0.4 is 4.90 Å². The molecule has 1 aliphatic heterocycles. The molecule has 0 N–H and O–H groups in total. The molecule has 0 fully saturated rings. The lowest BCUT2D eigenvalue weighted by Crippen LogP contribution is -2.26. The van der Waals surface area contributed by atoms with Crippen LogP contribution in [-0.4, -0.2) is 41.7 Å². The summed E-state index contributed by atoms with van der Waals surface area (Å²) in [5, 5.41) is 9.79. The van der Waals surface area contributed by atoms with E-state index in [1.807, 2.05) is 24.4 Å². The molecule has 5 nitrogen and oxygen atoms in total. The number of rotatable bonds is 7. The van der Waals surface area contributed by atoms with E-state index in [0.29, 0.717) is 11.6 Å². The van der Waals surface area contributed by atoms with Gasteiger partial charge in [-0.2, -0.15) is 11.8 Å². The first-order chi connectivity index (χ1) is 12.2. The number of hydrogen-bond acceptors (Lipinski definition) is 6. The van der Waals surface area contributed by atoms with Crippen molar-refractivity contribution in [2.24, 2.45) is 4.99 Å². The molecule has 1 aliphatic rings. The standard InChI is InChI=1S/C18H20N4OS2/c1-22(16(23)9-11-24-13-14-6-3-2-4-7-14)18-21-20-17(25-18)15-8-5-10-19-12-15/h2-4,6-8,12H,5,9-11,13H2,1H3. The highest BCUT2D eigenvalue weighted by atomic mass is 32.2. The lowest BCUT2D eigenvalue weighted by molar-refractivity contribution is -0.117. The first kappa shape index (κ1) is 17.8. The number of amides is 1. The van der Waals surface area contributed by atoms with Crippen molar-refractivity contribution in [3.63, 3.8) is 0 Å². The highest BCUT2D eigenvalue weighted by Gasteiger charge is 2.17. The second-order valence-corrected chi connectivity index (χ2v) is 7.68. The molecule has 0 spiro atoms. The average Bonchev–Trinajstić information content (AvgIpc) is 3.16. The molecule has 0 aliphatic carbocycles. The van der Waals surface area contributed by atoms with Crippen molar-refractivity contribution in [2.45, 2.75) is 18.6 Å². The highest BCUT2D eigenvalue weighted by molar-refractivity contribution is 7.98. The van der Waals surface area contributed by atoms with Crippen LogP contribution in [0.4, 0.5) is 5.13 Å². The summed E-state index contributed by atoms with van der Waals surface area (Å²) in [5.74, 6) is 1.78. The van der Waals surface area contributed by atoms with Crippen molar-refractivity contribution in [1.29, 1.82) is 0 Å². The number of allylic oxidation sites excluding steroid dienone is 1. The second-order valence-electron chi connectivity index (χ2n) is 5.61. The minimum Gasteiger partial charge on any atom is -0.292 e. The molecular weight excluding hydrogens is 352 g/mol. The molecule has 2 heterocycles. The minimum atomic E-state index is 0.0644. The predicted molar refractivity (Wildman–Crippen MR) is 106 cm³/mol. The van der Waals surface area contributed by atoms with Gasteiger partial charge in [-0.3, -0.25) is 14.7 Å². The average molecular weight is 373 g/mol. The Bertz CT molecular complexity index is 770. The topological polar surface area (TPSA) is 58.5 Å². The number of dihydropyridines is 1. The third-order valence-electron chi connectivity index (χ3n) is 3.75. The Morgan fingerprint density at radius 3 is 2.88 bits per heavy atom. The van der Waals surface area contributed by atoms with E-state index in [0.717, 1.165) is 35.1 Å². The van der Waals surface area contributed by atoms with Crippen LogP contribution in [0.1, 0.15) is 23.4 Å². The summed E-state index contributed by atoms with van der Waals surface area (Å²) in [4.78, 5) is 18.2. The van der Waals surface area contributed by atoms with Gasteiger partial charge in [-0.1, -0.05) is 47.7 Å². The van der Waals surface area contributed by atoms with Crippen LogP contribution in [0.5, 0.6) is 0 Å². The molecule has 1 amide bonds. The van der Waals surface area contributed by atoms with E-state index in [2.05, 4.69) is 33.4 Å². The summed E-state index contributed by atoms with van der Waals surface area (Å²) < 4.78 is 0. The molecule has 0 saturated carbocycles. The van der Waals surface area contributed by atoms with Crippen LogP contribution in [0, 0.1) is 0 Å².